The van der Waals surface area contributed by atoms with Crippen LogP contribution >= 0.6 is 11.8 Å². The van der Waals surface area contributed by atoms with Crippen LogP contribution in [0, 0.1) is 6.92 Å². The SMILES string of the molecule is Cc1cnc2ccc3c(c2c1NC1CCc2ccccc21)CCS3. The van der Waals surface area contributed by atoms with Gasteiger partial charge in [0.1, 0.15) is 0 Å². The van der Waals surface area contributed by atoms with E-state index in [0.717, 1.165) is 11.9 Å². The predicted octanol–water partition coefficient (Wildman–Crippen LogP) is 5.29. The first-order chi connectivity index (χ1) is 11.8. The van der Waals surface area contributed by atoms with Gasteiger partial charge in [-0.3, -0.25) is 4.98 Å². The molecular weight excluding hydrogens is 312 g/mol. The van der Waals surface area contributed by atoms with Crippen molar-refractivity contribution < 1.29 is 0 Å². The van der Waals surface area contributed by atoms with Crippen LogP contribution in [0.2, 0.25) is 0 Å². The summed E-state index contributed by atoms with van der Waals surface area (Å²) < 4.78 is 0. The third-order valence-electron chi connectivity index (χ3n) is 5.35. The molecule has 5 rings (SSSR count). The quantitative estimate of drug-likeness (QED) is 0.690. The minimum absolute atomic E-state index is 0.412. The van der Waals surface area contributed by atoms with Gasteiger partial charge in [-0.05, 0) is 60.6 Å². The molecule has 1 N–H and O–H groups in total. The number of nitrogens with one attached hydrogen (secondary N) is 1. The van der Waals surface area contributed by atoms with Crippen molar-refractivity contribution in [3.8, 4) is 0 Å². The van der Waals surface area contributed by atoms with Gasteiger partial charge in [0.25, 0.3) is 0 Å². The Morgan fingerprint density at radius 2 is 2.04 bits per heavy atom. The molecule has 2 aromatic carbocycles. The Balaban J connectivity index is 1.65. The van der Waals surface area contributed by atoms with E-state index in [9.17, 15) is 0 Å². The van der Waals surface area contributed by atoms with Gasteiger partial charge >= 0.3 is 0 Å². The first kappa shape index (κ1) is 14.4. The fourth-order valence-electron chi connectivity index (χ4n) is 4.14. The fraction of sp³-hybridized carbons (Fsp3) is 0.286. The van der Waals surface area contributed by atoms with E-state index in [2.05, 4.69) is 53.6 Å². The minimum atomic E-state index is 0.412. The molecule has 24 heavy (non-hydrogen) atoms. The molecule has 0 saturated heterocycles. The number of thioether (sulfide) groups is 1. The Bertz CT molecular complexity index is 948. The van der Waals surface area contributed by atoms with E-state index in [1.807, 2.05) is 18.0 Å². The molecule has 0 radical (unpaired) electrons. The largest absolute Gasteiger partial charge is 0.377 e. The van der Waals surface area contributed by atoms with Crippen molar-refractivity contribution in [3.05, 3.63) is 64.8 Å². The smallest absolute Gasteiger partial charge is 0.0726 e. The molecule has 2 heterocycles. The number of aryl methyl sites for hydroxylation is 3. The topological polar surface area (TPSA) is 24.9 Å². The van der Waals surface area contributed by atoms with Crippen molar-refractivity contribution >= 4 is 28.4 Å². The van der Waals surface area contributed by atoms with Crippen molar-refractivity contribution in [2.75, 3.05) is 11.1 Å². The van der Waals surface area contributed by atoms with Crippen molar-refractivity contribution in [1.82, 2.24) is 4.98 Å². The second-order valence-corrected chi connectivity index (χ2v) is 7.92. The molecule has 0 fully saturated rings. The number of pyridine rings is 1. The Hall–Kier alpha value is -2.00. The number of benzene rings is 2. The molecule has 3 aromatic rings. The van der Waals surface area contributed by atoms with Gasteiger partial charge in [0, 0.05) is 27.9 Å². The van der Waals surface area contributed by atoms with Gasteiger partial charge in [-0.1, -0.05) is 24.3 Å². The molecule has 1 aliphatic heterocycles. The Labute approximate surface area is 146 Å². The van der Waals surface area contributed by atoms with Crippen LogP contribution in [0.4, 0.5) is 5.69 Å². The van der Waals surface area contributed by atoms with Gasteiger partial charge < -0.3 is 5.32 Å². The van der Waals surface area contributed by atoms with E-state index in [1.165, 1.54) is 56.8 Å². The maximum atomic E-state index is 4.69. The molecule has 120 valence electrons. The van der Waals surface area contributed by atoms with E-state index in [-0.39, 0.29) is 0 Å². The van der Waals surface area contributed by atoms with E-state index < -0.39 is 0 Å². The molecule has 0 saturated carbocycles. The van der Waals surface area contributed by atoms with Crippen molar-refractivity contribution in [2.45, 2.75) is 37.1 Å². The van der Waals surface area contributed by atoms with Gasteiger partial charge in [-0.15, -0.1) is 11.8 Å². The Morgan fingerprint density at radius 1 is 1.12 bits per heavy atom. The maximum Gasteiger partial charge on any atom is 0.0726 e. The van der Waals surface area contributed by atoms with Gasteiger partial charge in [0.05, 0.1) is 11.6 Å². The van der Waals surface area contributed by atoms with Crippen LogP contribution in [0.25, 0.3) is 10.9 Å². The van der Waals surface area contributed by atoms with Crippen LogP contribution in [0.1, 0.15) is 34.7 Å². The zero-order valence-electron chi connectivity index (χ0n) is 13.8. The highest BCUT2D eigenvalue weighted by molar-refractivity contribution is 7.99. The lowest BCUT2D eigenvalue weighted by Crippen LogP contribution is -2.09. The third-order valence-corrected chi connectivity index (χ3v) is 6.45. The number of fused-ring (bicyclic) bond motifs is 4. The number of hydrogen-bond acceptors (Lipinski definition) is 3. The molecule has 2 aliphatic rings. The third kappa shape index (κ3) is 2.15. The lowest BCUT2D eigenvalue weighted by Gasteiger charge is -2.20. The molecule has 1 aromatic heterocycles. The van der Waals surface area contributed by atoms with Crippen molar-refractivity contribution in [1.29, 1.82) is 0 Å². The van der Waals surface area contributed by atoms with E-state index >= 15 is 0 Å². The van der Waals surface area contributed by atoms with Crippen molar-refractivity contribution in [2.24, 2.45) is 0 Å². The normalized spacial score (nSPS) is 18.6. The Morgan fingerprint density at radius 3 is 3.00 bits per heavy atom. The van der Waals surface area contributed by atoms with E-state index in [0.29, 0.717) is 6.04 Å². The first-order valence-corrected chi connectivity index (χ1v) is 9.68. The summed E-state index contributed by atoms with van der Waals surface area (Å²) in [4.78, 5) is 6.12. The van der Waals surface area contributed by atoms with Crippen LogP contribution in [0.5, 0.6) is 0 Å². The number of rotatable bonds is 2. The summed E-state index contributed by atoms with van der Waals surface area (Å²) in [6.07, 6.45) is 5.51. The average Bonchev–Trinajstić information content (AvgIpc) is 3.24. The predicted molar refractivity (Wildman–Crippen MR) is 102 cm³/mol. The summed E-state index contributed by atoms with van der Waals surface area (Å²) in [7, 11) is 0. The van der Waals surface area contributed by atoms with Gasteiger partial charge in [-0.25, -0.2) is 0 Å². The molecule has 3 heteroatoms. The molecule has 1 aliphatic carbocycles. The van der Waals surface area contributed by atoms with Gasteiger partial charge in [0.15, 0.2) is 0 Å². The summed E-state index contributed by atoms with van der Waals surface area (Å²) in [6.45, 7) is 2.18. The Kier molecular flexibility index (Phi) is 3.30. The summed E-state index contributed by atoms with van der Waals surface area (Å²) in [5.74, 6) is 1.19. The maximum absolute atomic E-state index is 4.69. The lowest BCUT2D eigenvalue weighted by molar-refractivity contribution is 0.762. The molecular formula is C21H20N2S. The molecule has 2 nitrogen and oxygen atoms in total. The van der Waals surface area contributed by atoms with Crippen LogP contribution in [0.3, 0.4) is 0 Å². The second-order valence-electron chi connectivity index (χ2n) is 6.79. The lowest BCUT2D eigenvalue weighted by atomic mass is 10.0. The number of nitrogens with zero attached hydrogens (tertiary/aromatic N) is 1. The zero-order chi connectivity index (χ0) is 16.1. The highest BCUT2D eigenvalue weighted by Crippen LogP contribution is 2.42. The van der Waals surface area contributed by atoms with Crippen LogP contribution in [-0.2, 0) is 12.8 Å². The number of anilines is 1. The summed E-state index contributed by atoms with van der Waals surface area (Å²) in [5, 5.41) is 5.24. The summed E-state index contributed by atoms with van der Waals surface area (Å²) in [5.41, 5.74) is 8.10. The zero-order valence-corrected chi connectivity index (χ0v) is 14.6. The number of hydrogen-bond donors (Lipinski definition) is 1. The highest BCUT2D eigenvalue weighted by atomic mass is 32.2. The van der Waals surface area contributed by atoms with E-state index in [4.69, 9.17) is 0 Å². The molecule has 1 atom stereocenters. The van der Waals surface area contributed by atoms with Crippen LogP contribution in [0.15, 0.2) is 47.5 Å². The minimum Gasteiger partial charge on any atom is -0.377 e. The first-order valence-electron chi connectivity index (χ1n) is 8.69. The molecule has 0 spiro atoms. The molecule has 1 unspecified atom stereocenters. The van der Waals surface area contributed by atoms with Gasteiger partial charge in [-0.2, -0.15) is 0 Å². The van der Waals surface area contributed by atoms with Crippen LogP contribution < -0.4 is 5.32 Å². The van der Waals surface area contributed by atoms with Crippen LogP contribution in [-0.4, -0.2) is 10.7 Å². The fourth-order valence-corrected chi connectivity index (χ4v) is 5.21. The number of aromatic nitrogens is 1. The van der Waals surface area contributed by atoms with E-state index in [1.54, 1.807) is 0 Å². The monoisotopic (exact) mass is 332 g/mol. The summed E-state index contributed by atoms with van der Waals surface area (Å²) >= 11 is 1.97. The highest BCUT2D eigenvalue weighted by Gasteiger charge is 2.24. The molecule has 0 bridgehead atoms. The second kappa shape index (κ2) is 5.52. The molecule has 0 amide bonds. The summed E-state index contributed by atoms with van der Waals surface area (Å²) in [6, 6.07) is 13.7. The van der Waals surface area contributed by atoms with Gasteiger partial charge in [0.2, 0.25) is 0 Å². The standard InChI is InChI=1S/C21H20N2S/c1-13-12-22-18-8-9-19-16(10-11-24-19)20(18)21(13)23-17-7-6-14-4-2-3-5-15(14)17/h2-5,8-9,12,17H,6-7,10-11H2,1H3,(H,22,23). The van der Waals surface area contributed by atoms with Crippen molar-refractivity contribution in [3.63, 3.8) is 0 Å². The average molecular weight is 332 g/mol.